The molecular formula is C23H22N2O3. The Hall–Kier alpha value is -3.08. The molecule has 0 spiro atoms. The van der Waals surface area contributed by atoms with E-state index in [0.29, 0.717) is 33.5 Å². The van der Waals surface area contributed by atoms with Crippen molar-refractivity contribution in [3.05, 3.63) is 76.1 Å². The summed E-state index contributed by atoms with van der Waals surface area (Å²) >= 11 is 0. The van der Waals surface area contributed by atoms with Gasteiger partial charge >= 0.3 is 0 Å². The monoisotopic (exact) mass is 374 g/mol. The van der Waals surface area contributed by atoms with Crippen molar-refractivity contribution in [1.29, 1.82) is 0 Å². The molecule has 28 heavy (non-hydrogen) atoms. The molecule has 1 aromatic heterocycles. The molecule has 2 aliphatic rings. The second-order valence-electron chi connectivity index (χ2n) is 7.89. The summed E-state index contributed by atoms with van der Waals surface area (Å²) in [6, 6.07) is 10.4. The number of carbonyl (C=O) groups is 3. The summed E-state index contributed by atoms with van der Waals surface area (Å²) in [5.41, 5.74) is 2.87. The Bertz CT molecular complexity index is 1010. The normalized spacial score (nSPS) is 17.8. The molecule has 4 rings (SSSR count). The topological polar surface area (TPSA) is 76.1 Å². The maximum atomic E-state index is 12.8. The lowest BCUT2D eigenvalue weighted by atomic mass is 9.78. The minimum Gasteiger partial charge on any atom is -0.347 e. The van der Waals surface area contributed by atoms with Crippen LogP contribution >= 0.6 is 0 Å². The Morgan fingerprint density at radius 3 is 2.32 bits per heavy atom. The molecule has 1 fully saturated rings. The second-order valence-corrected chi connectivity index (χ2v) is 7.89. The largest absolute Gasteiger partial charge is 0.347 e. The van der Waals surface area contributed by atoms with Crippen LogP contribution in [0.2, 0.25) is 0 Å². The third-order valence-electron chi connectivity index (χ3n) is 5.80. The SMILES string of the molecule is CC1=C(Cc2ccc(C(=O)NC3(C)CCC3)cn2)C(=O)c2ccccc2C1=O. The van der Waals surface area contributed by atoms with Gasteiger partial charge in [-0.1, -0.05) is 24.3 Å². The molecule has 2 aromatic rings. The Labute approximate surface area is 163 Å². The second kappa shape index (κ2) is 6.82. The fraction of sp³-hybridized carbons (Fsp3) is 0.304. The highest BCUT2D eigenvalue weighted by Gasteiger charge is 2.33. The molecule has 1 amide bonds. The quantitative estimate of drug-likeness (QED) is 0.885. The van der Waals surface area contributed by atoms with Crippen LogP contribution in [0.1, 0.15) is 69.9 Å². The van der Waals surface area contributed by atoms with Crippen LogP contribution in [0.15, 0.2) is 53.7 Å². The lowest BCUT2D eigenvalue weighted by Crippen LogP contribution is -2.50. The van der Waals surface area contributed by atoms with E-state index in [1.807, 2.05) is 0 Å². The van der Waals surface area contributed by atoms with E-state index in [1.54, 1.807) is 43.3 Å². The van der Waals surface area contributed by atoms with Crippen molar-refractivity contribution in [1.82, 2.24) is 10.3 Å². The standard InChI is InChI=1S/C23H22N2O3/c1-14-19(21(27)18-7-4-3-6-17(18)20(14)26)12-16-9-8-15(13-24-16)22(28)25-23(2)10-5-11-23/h3-4,6-9,13H,5,10-12H2,1-2H3,(H,25,28). The minimum atomic E-state index is -0.130. The molecule has 0 bridgehead atoms. The van der Waals surface area contributed by atoms with Crippen LogP contribution in [0.25, 0.3) is 0 Å². The number of amides is 1. The van der Waals surface area contributed by atoms with E-state index in [9.17, 15) is 14.4 Å². The van der Waals surface area contributed by atoms with E-state index in [-0.39, 0.29) is 29.4 Å². The van der Waals surface area contributed by atoms with Crippen LogP contribution in [0.5, 0.6) is 0 Å². The molecule has 2 aliphatic carbocycles. The van der Waals surface area contributed by atoms with Gasteiger partial charge in [0.25, 0.3) is 5.91 Å². The van der Waals surface area contributed by atoms with Gasteiger partial charge in [-0.25, -0.2) is 0 Å². The number of benzene rings is 1. The van der Waals surface area contributed by atoms with Crippen LogP contribution in [0.4, 0.5) is 0 Å². The number of nitrogens with one attached hydrogen (secondary N) is 1. The fourth-order valence-electron chi connectivity index (χ4n) is 3.79. The predicted octanol–water partition coefficient (Wildman–Crippen LogP) is 3.69. The molecule has 142 valence electrons. The van der Waals surface area contributed by atoms with Crippen LogP contribution in [-0.2, 0) is 6.42 Å². The van der Waals surface area contributed by atoms with Gasteiger partial charge in [-0.3, -0.25) is 19.4 Å². The Morgan fingerprint density at radius 2 is 1.75 bits per heavy atom. The molecule has 5 nitrogen and oxygen atoms in total. The molecule has 0 radical (unpaired) electrons. The lowest BCUT2D eigenvalue weighted by molar-refractivity contribution is 0.0849. The number of pyridine rings is 1. The van der Waals surface area contributed by atoms with Gasteiger partial charge in [-0.2, -0.15) is 0 Å². The van der Waals surface area contributed by atoms with Gasteiger partial charge < -0.3 is 5.32 Å². The first-order chi connectivity index (χ1) is 13.4. The molecule has 1 saturated carbocycles. The van der Waals surface area contributed by atoms with Crippen LogP contribution < -0.4 is 5.32 Å². The summed E-state index contributed by atoms with van der Waals surface area (Å²) in [7, 11) is 0. The summed E-state index contributed by atoms with van der Waals surface area (Å²) in [5.74, 6) is -0.376. The maximum Gasteiger partial charge on any atom is 0.253 e. The Balaban J connectivity index is 1.53. The first-order valence-electron chi connectivity index (χ1n) is 9.54. The number of aromatic nitrogens is 1. The summed E-state index contributed by atoms with van der Waals surface area (Å²) in [4.78, 5) is 42.2. The molecule has 5 heteroatoms. The first-order valence-corrected chi connectivity index (χ1v) is 9.54. The summed E-state index contributed by atoms with van der Waals surface area (Å²) in [5, 5.41) is 3.05. The van der Waals surface area contributed by atoms with Crippen molar-refractivity contribution in [3.8, 4) is 0 Å². The van der Waals surface area contributed by atoms with Gasteiger partial charge in [0.05, 0.1) is 5.56 Å². The molecule has 1 N–H and O–H groups in total. The Morgan fingerprint density at radius 1 is 1.07 bits per heavy atom. The highest BCUT2D eigenvalue weighted by molar-refractivity contribution is 6.26. The van der Waals surface area contributed by atoms with E-state index in [0.717, 1.165) is 19.3 Å². The fourth-order valence-corrected chi connectivity index (χ4v) is 3.79. The van der Waals surface area contributed by atoms with Gasteiger partial charge in [-0.05, 0) is 45.2 Å². The van der Waals surface area contributed by atoms with Crippen molar-refractivity contribution in [3.63, 3.8) is 0 Å². The number of allylic oxidation sites excluding steroid dienone is 2. The third kappa shape index (κ3) is 3.17. The first kappa shape index (κ1) is 18.3. The number of Topliss-reactive ketones (excluding diaryl/α,β-unsaturated/α-hetero) is 2. The maximum absolute atomic E-state index is 12.8. The molecule has 0 unspecified atom stereocenters. The number of rotatable bonds is 4. The number of ketones is 2. The number of hydrogen-bond acceptors (Lipinski definition) is 4. The average molecular weight is 374 g/mol. The van der Waals surface area contributed by atoms with Crippen molar-refractivity contribution in [2.24, 2.45) is 0 Å². The van der Waals surface area contributed by atoms with Crippen LogP contribution in [0.3, 0.4) is 0 Å². The van der Waals surface area contributed by atoms with Gasteiger partial charge in [0.2, 0.25) is 0 Å². The van der Waals surface area contributed by atoms with Gasteiger partial charge in [0.1, 0.15) is 0 Å². The molecular weight excluding hydrogens is 352 g/mol. The minimum absolute atomic E-state index is 0.111. The molecule has 1 aromatic carbocycles. The van der Waals surface area contributed by atoms with E-state index in [2.05, 4.69) is 17.2 Å². The average Bonchev–Trinajstić information content (AvgIpc) is 2.68. The van der Waals surface area contributed by atoms with Crippen LogP contribution in [-0.4, -0.2) is 28.0 Å². The molecule has 1 heterocycles. The molecule has 0 atom stereocenters. The molecule has 0 saturated heterocycles. The van der Waals surface area contributed by atoms with Gasteiger partial charge in [0.15, 0.2) is 11.6 Å². The summed E-state index contributed by atoms with van der Waals surface area (Å²) in [6.07, 6.45) is 4.93. The molecule has 0 aliphatic heterocycles. The zero-order valence-electron chi connectivity index (χ0n) is 16.0. The number of fused-ring (bicyclic) bond motifs is 1. The lowest BCUT2D eigenvalue weighted by Gasteiger charge is -2.39. The van der Waals surface area contributed by atoms with E-state index < -0.39 is 0 Å². The van der Waals surface area contributed by atoms with Crippen molar-refractivity contribution < 1.29 is 14.4 Å². The predicted molar refractivity (Wildman–Crippen MR) is 105 cm³/mol. The van der Waals surface area contributed by atoms with E-state index in [1.165, 1.54) is 6.20 Å². The van der Waals surface area contributed by atoms with E-state index >= 15 is 0 Å². The van der Waals surface area contributed by atoms with Gasteiger partial charge in [0, 0.05) is 46.1 Å². The zero-order chi connectivity index (χ0) is 19.9. The number of carbonyl (C=O) groups excluding carboxylic acids is 3. The van der Waals surface area contributed by atoms with Crippen molar-refractivity contribution in [2.45, 2.75) is 45.1 Å². The van der Waals surface area contributed by atoms with Crippen molar-refractivity contribution >= 4 is 17.5 Å². The van der Waals surface area contributed by atoms with E-state index in [4.69, 9.17) is 0 Å². The number of hydrogen-bond donors (Lipinski definition) is 1. The van der Waals surface area contributed by atoms with Gasteiger partial charge in [-0.15, -0.1) is 0 Å². The Kier molecular flexibility index (Phi) is 4.46. The number of nitrogens with zero attached hydrogens (tertiary/aromatic N) is 1. The third-order valence-corrected chi connectivity index (χ3v) is 5.80. The summed E-state index contributed by atoms with van der Waals surface area (Å²) < 4.78 is 0. The van der Waals surface area contributed by atoms with Crippen molar-refractivity contribution in [2.75, 3.05) is 0 Å². The zero-order valence-corrected chi connectivity index (χ0v) is 16.0. The summed E-state index contributed by atoms with van der Waals surface area (Å²) in [6.45, 7) is 3.74. The smallest absolute Gasteiger partial charge is 0.253 e. The highest BCUT2D eigenvalue weighted by Crippen LogP contribution is 2.31. The highest BCUT2D eigenvalue weighted by atomic mass is 16.2. The van der Waals surface area contributed by atoms with Crippen LogP contribution in [0, 0.1) is 0 Å².